The number of carbonyl (C=O) groups excluding carboxylic acids is 1. The van der Waals surface area contributed by atoms with Gasteiger partial charge in [-0.1, -0.05) is 0 Å². The van der Waals surface area contributed by atoms with E-state index in [4.69, 9.17) is 0 Å². The molecule has 2 heterocycles. The zero-order valence-corrected chi connectivity index (χ0v) is 10.2. The molecular formula is C11H20N2OS. The molecule has 1 amide bonds. The van der Waals surface area contributed by atoms with Gasteiger partial charge in [0.25, 0.3) is 0 Å². The molecule has 1 unspecified atom stereocenters. The van der Waals surface area contributed by atoms with Gasteiger partial charge in [0.15, 0.2) is 0 Å². The van der Waals surface area contributed by atoms with Crippen LogP contribution < -0.4 is 5.32 Å². The van der Waals surface area contributed by atoms with Gasteiger partial charge in [0.05, 0.1) is 5.92 Å². The van der Waals surface area contributed by atoms with E-state index in [1.54, 1.807) is 0 Å². The second-order valence-corrected chi connectivity index (χ2v) is 5.66. The lowest BCUT2D eigenvalue weighted by molar-refractivity contribution is -0.136. The molecule has 0 aromatic rings. The van der Waals surface area contributed by atoms with Crippen LogP contribution in [0.2, 0.25) is 0 Å². The first-order valence-electron chi connectivity index (χ1n) is 5.84. The Balaban J connectivity index is 1.87. The van der Waals surface area contributed by atoms with Crippen LogP contribution in [-0.2, 0) is 4.79 Å². The molecule has 2 saturated heterocycles. The molecule has 2 rings (SSSR count). The molecule has 0 aromatic carbocycles. The molecule has 0 radical (unpaired) electrons. The normalized spacial score (nSPS) is 31.5. The number of amides is 1. The van der Waals surface area contributed by atoms with Crippen molar-refractivity contribution in [1.82, 2.24) is 10.2 Å². The number of hydrogen-bond donors (Lipinski definition) is 1. The Morgan fingerprint density at radius 1 is 1.47 bits per heavy atom. The standard InChI is InChI=1S/C11H20N2OS/c1-13(10-4-6-15-8-10)11(14)9-3-2-5-12-7-9/h9-10,12H,2-8H2,1H3/t9-,10?/m1/s1. The molecule has 0 saturated carbocycles. The second kappa shape index (κ2) is 5.21. The number of piperidine rings is 1. The molecule has 2 atom stereocenters. The van der Waals surface area contributed by atoms with E-state index >= 15 is 0 Å². The van der Waals surface area contributed by atoms with Crippen LogP contribution in [0.3, 0.4) is 0 Å². The summed E-state index contributed by atoms with van der Waals surface area (Å²) in [5.41, 5.74) is 0. The summed E-state index contributed by atoms with van der Waals surface area (Å²) in [6, 6.07) is 0.490. The van der Waals surface area contributed by atoms with Gasteiger partial charge in [0.1, 0.15) is 0 Å². The van der Waals surface area contributed by atoms with E-state index < -0.39 is 0 Å². The second-order valence-electron chi connectivity index (χ2n) is 4.51. The average Bonchev–Trinajstić information content (AvgIpc) is 2.82. The van der Waals surface area contributed by atoms with E-state index in [9.17, 15) is 4.79 Å². The number of thioether (sulfide) groups is 1. The number of hydrogen-bond acceptors (Lipinski definition) is 3. The lowest BCUT2D eigenvalue weighted by Crippen LogP contribution is -2.45. The van der Waals surface area contributed by atoms with E-state index in [1.807, 2.05) is 23.7 Å². The quantitative estimate of drug-likeness (QED) is 0.764. The highest BCUT2D eigenvalue weighted by atomic mass is 32.2. The molecule has 2 fully saturated rings. The monoisotopic (exact) mass is 228 g/mol. The maximum atomic E-state index is 12.2. The smallest absolute Gasteiger partial charge is 0.226 e. The van der Waals surface area contributed by atoms with Gasteiger partial charge in [-0.25, -0.2) is 0 Å². The predicted octanol–water partition coefficient (Wildman–Crippen LogP) is 0.950. The molecule has 0 aliphatic carbocycles. The van der Waals surface area contributed by atoms with Crippen LogP contribution in [0.5, 0.6) is 0 Å². The molecule has 15 heavy (non-hydrogen) atoms. The molecule has 3 nitrogen and oxygen atoms in total. The van der Waals surface area contributed by atoms with Crippen molar-refractivity contribution in [2.45, 2.75) is 25.3 Å². The Bertz CT molecular complexity index is 223. The zero-order valence-electron chi connectivity index (χ0n) is 9.37. The third kappa shape index (κ3) is 2.67. The summed E-state index contributed by atoms with van der Waals surface area (Å²) in [7, 11) is 1.98. The Kier molecular flexibility index (Phi) is 3.92. The number of nitrogens with zero attached hydrogens (tertiary/aromatic N) is 1. The summed E-state index contributed by atoms with van der Waals surface area (Å²) >= 11 is 1.97. The van der Waals surface area contributed by atoms with Crippen molar-refractivity contribution in [2.24, 2.45) is 5.92 Å². The first-order chi connectivity index (χ1) is 7.29. The molecule has 2 aliphatic rings. The fourth-order valence-electron chi connectivity index (χ4n) is 2.36. The first kappa shape index (κ1) is 11.3. The Hall–Kier alpha value is -0.220. The topological polar surface area (TPSA) is 32.3 Å². The van der Waals surface area contributed by atoms with Crippen LogP contribution in [0, 0.1) is 5.92 Å². The fraction of sp³-hybridized carbons (Fsp3) is 0.909. The molecule has 86 valence electrons. The van der Waals surface area contributed by atoms with Crippen molar-refractivity contribution in [3.8, 4) is 0 Å². The Labute approximate surface area is 96.0 Å². The molecule has 2 aliphatic heterocycles. The largest absolute Gasteiger partial charge is 0.342 e. The van der Waals surface area contributed by atoms with Gasteiger partial charge in [0, 0.05) is 25.4 Å². The number of nitrogens with one attached hydrogen (secondary N) is 1. The highest BCUT2D eigenvalue weighted by molar-refractivity contribution is 7.99. The van der Waals surface area contributed by atoms with E-state index in [0.717, 1.165) is 31.7 Å². The van der Waals surface area contributed by atoms with Gasteiger partial charge < -0.3 is 10.2 Å². The lowest BCUT2D eigenvalue weighted by atomic mass is 9.97. The summed E-state index contributed by atoms with van der Waals surface area (Å²) in [5.74, 6) is 2.93. The predicted molar refractivity (Wildman–Crippen MR) is 64.1 cm³/mol. The molecule has 0 spiro atoms. The van der Waals surface area contributed by atoms with Gasteiger partial charge >= 0.3 is 0 Å². The Morgan fingerprint density at radius 2 is 2.33 bits per heavy atom. The number of rotatable bonds is 2. The SMILES string of the molecule is CN(C(=O)[C@@H]1CCCNC1)C1CCSC1. The van der Waals surface area contributed by atoms with Crippen molar-refractivity contribution in [1.29, 1.82) is 0 Å². The number of carbonyl (C=O) groups is 1. The van der Waals surface area contributed by atoms with Gasteiger partial charge in [-0.3, -0.25) is 4.79 Å². The van der Waals surface area contributed by atoms with Crippen LogP contribution in [0.15, 0.2) is 0 Å². The Morgan fingerprint density at radius 3 is 2.93 bits per heavy atom. The summed E-state index contributed by atoms with van der Waals surface area (Å²) in [6.45, 7) is 1.95. The van der Waals surface area contributed by atoms with Crippen LogP contribution >= 0.6 is 11.8 Å². The van der Waals surface area contributed by atoms with Crippen LogP contribution in [0.4, 0.5) is 0 Å². The van der Waals surface area contributed by atoms with Crippen LogP contribution in [0.25, 0.3) is 0 Å². The van der Waals surface area contributed by atoms with Crippen molar-refractivity contribution in [3.63, 3.8) is 0 Å². The summed E-state index contributed by atoms with van der Waals surface area (Å²) in [6.07, 6.45) is 3.38. The van der Waals surface area contributed by atoms with Crippen molar-refractivity contribution < 1.29 is 4.79 Å². The van der Waals surface area contributed by atoms with Gasteiger partial charge in [-0.15, -0.1) is 0 Å². The highest BCUT2D eigenvalue weighted by Gasteiger charge is 2.29. The third-order valence-electron chi connectivity index (χ3n) is 3.45. The van der Waals surface area contributed by atoms with E-state index in [0.29, 0.717) is 11.9 Å². The summed E-state index contributed by atoms with van der Waals surface area (Å²) in [5, 5.41) is 3.31. The van der Waals surface area contributed by atoms with E-state index in [-0.39, 0.29) is 5.92 Å². The lowest BCUT2D eigenvalue weighted by Gasteiger charge is -2.30. The van der Waals surface area contributed by atoms with Crippen LogP contribution in [-0.4, -0.2) is 48.5 Å². The molecule has 1 N–H and O–H groups in total. The van der Waals surface area contributed by atoms with Crippen molar-refractivity contribution >= 4 is 17.7 Å². The molecule has 4 heteroatoms. The fourth-order valence-corrected chi connectivity index (χ4v) is 3.63. The third-order valence-corrected chi connectivity index (χ3v) is 4.59. The molecule has 0 aromatic heterocycles. The minimum atomic E-state index is 0.231. The molecular weight excluding hydrogens is 208 g/mol. The minimum Gasteiger partial charge on any atom is -0.342 e. The maximum Gasteiger partial charge on any atom is 0.226 e. The van der Waals surface area contributed by atoms with Gasteiger partial charge in [0.2, 0.25) is 5.91 Å². The summed E-state index contributed by atoms with van der Waals surface area (Å²) in [4.78, 5) is 14.2. The first-order valence-corrected chi connectivity index (χ1v) is 6.99. The highest BCUT2D eigenvalue weighted by Crippen LogP contribution is 2.23. The maximum absolute atomic E-state index is 12.2. The zero-order chi connectivity index (χ0) is 10.7. The van der Waals surface area contributed by atoms with Gasteiger partial charge in [-0.05, 0) is 31.6 Å². The summed E-state index contributed by atoms with van der Waals surface area (Å²) < 4.78 is 0. The van der Waals surface area contributed by atoms with E-state index in [2.05, 4.69) is 5.32 Å². The molecule has 0 bridgehead atoms. The van der Waals surface area contributed by atoms with Crippen LogP contribution in [0.1, 0.15) is 19.3 Å². The minimum absolute atomic E-state index is 0.231. The van der Waals surface area contributed by atoms with Crippen molar-refractivity contribution in [2.75, 3.05) is 31.6 Å². The van der Waals surface area contributed by atoms with Gasteiger partial charge in [-0.2, -0.15) is 11.8 Å². The average molecular weight is 228 g/mol. The van der Waals surface area contributed by atoms with E-state index in [1.165, 1.54) is 12.2 Å². The van der Waals surface area contributed by atoms with Crippen molar-refractivity contribution in [3.05, 3.63) is 0 Å².